The van der Waals surface area contributed by atoms with Crippen LogP contribution in [0.4, 0.5) is 11.4 Å². The Morgan fingerprint density at radius 3 is 2.58 bits per heavy atom. The quantitative estimate of drug-likeness (QED) is 0.907. The summed E-state index contributed by atoms with van der Waals surface area (Å²) in [5.74, 6) is -0.107. The minimum absolute atomic E-state index is 0.0916. The predicted octanol–water partition coefficient (Wildman–Crippen LogP) is 2.65. The summed E-state index contributed by atoms with van der Waals surface area (Å²) in [6, 6.07) is 8.00. The van der Waals surface area contributed by atoms with Crippen molar-refractivity contribution in [3.63, 3.8) is 0 Å². The Morgan fingerprint density at radius 1 is 1.21 bits per heavy atom. The van der Waals surface area contributed by atoms with Crippen molar-refractivity contribution in [1.29, 1.82) is 0 Å². The lowest BCUT2D eigenvalue weighted by Crippen LogP contribution is -2.26. The average Bonchev–Trinajstić information content (AvgIpc) is 2.68. The summed E-state index contributed by atoms with van der Waals surface area (Å²) >= 11 is 0. The number of rotatable bonds is 4. The first-order chi connectivity index (χ1) is 9.31. The average molecular weight is 262 g/mol. The predicted molar refractivity (Wildman–Crippen MR) is 77.6 cm³/mol. The van der Waals surface area contributed by atoms with Gasteiger partial charge < -0.3 is 15.0 Å². The lowest BCUT2D eigenvalue weighted by Gasteiger charge is -2.25. The third kappa shape index (κ3) is 3.96. The van der Waals surface area contributed by atoms with Gasteiger partial charge in [-0.05, 0) is 25.0 Å². The van der Waals surface area contributed by atoms with Crippen molar-refractivity contribution in [2.75, 3.05) is 37.0 Å². The van der Waals surface area contributed by atoms with Gasteiger partial charge in [0.05, 0.1) is 11.4 Å². The SMILES string of the molecule is COCC(=O)Nc1ccccc1N1CCCCCC1. The number of methoxy groups -OCH3 is 1. The lowest BCUT2D eigenvalue weighted by molar-refractivity contribution is -0.119. The van der Waals surface area contributed by atoms with E-state index in [0.717, 1.165) is 24.5 Å². The zero-order valence-electron chi connectivity index (χ0n) is 11.5. The third-order valence-electron chi connectivity index (χ3n) is 3.40. The number of anilines is 2. The van der Waals surface area contributed by atoms with E-state index >= 15 is 0 Å². The van der Waals surface area contributed by atoms with Gasteiger partial charge in [-0.3, -0.25) is 4.79 Å². The maximum absolute atomic E-state index is 11.7. The maximum atomic E-state index is 11.7. The van der Waals surface area contributed by atoms with Crippen molar-refractivity contribution >= 4 is 17.3 Å². The number of para-hydroxylation sites is 2. The number of hydrogen-bond acceptors (Lipinski definition) is 3. The fraction of sp³-hybridized carbons (Fsp3) is 0.533. The Hall–Kier alpha value is -1.55. The van der Waals surface area contributed by atoms with Gasteiger partial charge in [0.2, 0.25) is 5.91 Å². The van der Waals surface area contributed by atoms with E-state index in [0.29, 0.717) is 0 Å². The van der Waals surface area contributed by atoms with E-state index in [1.807, 2.05) is 18.2 Å². The molecule has 0 aromatic heterocycles. The zero-order chi connectivity index (χ0) is 13.5. The maximum Gasteiger partial charge on any atom is 0.250 e. The lowest BCUT2D eigenvalue weighted by atomic mass is 10.2. The summed E-state index contributed by atoms with van der Waals surface area (Å²) in [7, 11) is 1.53. The first-order valence-corrected chi connectivity index (χ1v) is 6.94. The van der Waals surface area contributed by atoms with Gasteiger partial charge in [-0.15, -0.1) is 0 Å². The standard InChI is InChI=1S/C15H22N2O2/c1-19-12-15(18)16-13-8-4-5-9-14(13)17-10-6-2-3-7-11-17/h4-5,8-9H,2-3,6-7,10-12H2,1H3,(H,16,18). The molecule has 0 atom stereocenters. The highest BCUT2D eigenvalue weighted by atomic mass is 16.5. The Bertz CT molecular complexity index is 412. The molecule has 1 fully saturated rings. The summed E-state index contributed by atoms with van der Waals surface area (Å²) in [5, 5.41) is 2.92. The summed E-state index contributed by atoms with van der Waals surface area (Å²) < 4.78 is 4.86. The smallest absolute Gasteiger partial charge is 0.250 e. The van der Waals surface area contributed by atoms with Gasteiger partial charge in [-0.2, -0.15) is 0 Å². The number of benzene rings is 1. The Labute approximate surface area is 114 Å². The molecule has 0 saturated carbocycles. The molecule has 0 radical (unpaired) electrons. The third-order valence-corrected chi connectivity index (χ3v) is 3.40. The highest BCUT2D eigenvalue weighted by Gasteiger charge is 2.14. The fourth-order valence-electron chi connectivity index (χ4n) is 2.48. The number of carbonyl (C=O) groups is 1. The molecule has 0 bridgehead atoms. The second-order valence-corrected chi connectivity index (χ2v) is 4.90. The Balaban J connectivity index is 2.12. The number of nitrogens with zero attached hydrogens (tertiary/aromatic N) is 1. The van der Waals surface area contributed by atoms with Gasteiger partial charge in [0.25, 0.3) is 0 Å². The van der Waals surface area contributed by atoms with E-state index in [-0.39, 0.29) is 12.5 Å². The molecular formula is C15H22N2O2. The first kappa shape index (κ1) is 13.9. The van der Waals surface area contributed by atoms with Crippen LogP contribution in [0.2, 0.25) is 0 Å². The summed E-state index contributed by atoms with van der Waals surface area (Å²) in [4.78, 5) is 14.0. The number of hydrogen-bond donors (Lipinski definition) is 1. The normalized spacial score (nSPS) is 15.9. The van der Waals surface area contributed by atoms with Crippen molar-refractivity contribution in [3.8, 4) is 0 Å². The topological polar surface area (TPSA) is 41.6 Å². The van der Waals surface area contributed by atoms with Crippen molar-refractivity contribution in [3.05, 3.63) is 24.3 Å². The van der Waals surface area contributed by atoms with Crippen molar-refractivity contribution in [1.82, 2.24) is 0 Å². The van der Waals surface area contributed by atoms with Crippen molar-refractivity contribution in [2.24, 2.45) is 0 Å². The van der Waals surface area contributed by atoms with E-state index in [9.17, 15) is 4.79 Å². The zero-order valence-corrected chi connectivity index (χ0v) is 11.5. The molecule has 1 amide bonds. The van der Waals surface area contributed by atoms with Crippen LogP contribution in [0.5, 0.6) is 0 Å². The summed E-state index contributed by atoms with van der Waals surface area (Å²) in [6.45, 7) is 2.22. The van der Waals surface area contributed by atoms with E-state index < -0.39 is 0 Å². The van der Waals surface area contributed by atoms with Crippen molar-refractivity contribution < 1.29 is 9.53 Å². The highest BCUT2D eigenvalue weighted by molar-refractivity contribution is 5.95. The molecule has 1 aromatic carbocycles. The number of carbonyl (C=O) groups excluding carboxylic acids is 1. The molecule has 0 aliphatic carbocycles. The number of ether oxygens (including phenoxy) is 1. The van der Waals surface area contributed by atoms with Gasteiger partial charge >= 0.3 is 0 Å². The second-order valence-electron chi connectivity index (χ2n) is 4.90. The molecule has 1 aliphatic heterocycles. The molecule has 1 saturated heterocycles. The van der Waals surface area contributed by atoms with Crippen LogP contribution >= 0.6 is 0 Å². The Morgan fingerprint density at radius 2 is 1.89 bits per heavy atom. The minimum atomic E-state index is -0.107. The molecular weight excluding hydrogens is 240 g/mol. The fourth-order valence-corrected chi connectivity index (χ4v) is 2.48. The molecule has 0 spiro atoms. The number of amides is 1. The summed E-state index contributed by atoms with van der Waals surface area (Å²) in [5.41, 5.74) is 2.00. The molecule has 1 aromatic rings. The molecule has 19 heavy (non-hydrogen) atoms. The number of nitrogens with one attached hydrogen (secondary N) is 1. The molecule has 4 heteroatoms. The minimum Gasteiger partial charge on any atom is -0.375 e. The van der Waals surface area contributed by atoms with Crippen LogP contribution in [0.1, 0.15) is 25.7 Å². The molecule has 2 rings (SSSR count). The van der Waals surface area contributed by atoms with Crippen LogP contribution in [0, 0.1) is 0 Å². The van der Waals surface area contributed by atoms with Crippen LogP contribution in [0.25, 0.3) is 0 Å². The molecule has 4 nitrogen and oxygen atoms in total. The van der Waals surface area contributed by atoms with Crippen LogP contribution < -0.4 is 10.2 Å². The monoisotopic (exact) mass is 262 g/mol. The molecule has 1 aliphatic rings. The van der Waals surface area contributed by atoms with Gasteiger partial charge in [-0.25, -0.2) is 0 Å². The van der Waals surface area contributed by atoms with Crippen LogP contribution in [-0.2, 0) is 9.53 Å². The van der Waals surface area contributed by atoms with Gasteiger partial charge in [-0.1, -0.05) is 25.0 Å². The van der Waals surface area contributed by atoms with Gasteiger partial charge in [0.1, 0.15) is 6.61 Å². The van der Waals surface area contributed by atoms with Gasteiger partial charge in [0, 0.05) is 20.2 Å². The van der Waals surface area contributed by atoms with E-state index in [2.05, 4.69) is 16.3 Å². The highest BCUT2D eigenvalue weighted by Crippen LogP contribution is 2.27. The molecule has 0 unspecified atom stereocenters. The van der Waals surface area contributed by atoms with E-state index in [1.165, 1.54) is 32.8 Å². The van der Waals surface area contributed by atoms with Crippen LogP contribution in [-0.4, -0.2) is 32.7 Å². The summed E-state index contributed by atoms with van der Waals surface area (Å²) in [6.07, 6.45) is 5.05. The van der Waals surface area contributed by atoms with E-state index in [4.69, 9.17) is 4.74 Å². The molecule has 1 heterocycles. The van der Waals surface area contributed by atoms with Crippen molar-refractivity contribution in [2.45, 2.75) is 25.7 Å². The largest absolute Gasteiger partial charge is 0.375 e. The first-order valence-electron chi connectivity index (χ1n) is 6.94. The Kier molecular flexibility index (Phi) is 5.21. The second kappa shape index (κ2) is 7.14. The molecule has 104 valence electrons. The van der Waals surface area contributed by atoms with Crippen LogP contribution in [0.3, 0.4) is 0 Å². The van der Waals surface area contributed by atoms with Gasteiger partial charge in [0.15, 0.2) is 0 Å². The molecule has 1 N–H and O–H groups in total. The van der Waals surface area contributed by atoms with Crippen LogP contribution in [0.15, 0.2) is 24.3 Å². The van der Waals surface area contributed by atoms with E-state index in [1.54, 1.807) is 0 Å².